The van der Waals surface area contributed by atoms with E-state index in [2.05, 4.69) is 4.98 Å². The number of imidazole rings is 1. The van der Waals surface area contributed by atoms with Crippen LogP contribution in [0.2, 0.25) is 0 Å². The van der Waals surface area contributed by atoms with Crippen molar-refractivity contribution in [2.45, 2.75) is 20.5 Å². The second-order valence-corrected chi connectivity index (χ2v) is 4.84. The zero-order valence-corrected chi connectivity index (χ0v) is 11.7. The van der Waals surface area contributed by atoms with Gasteiger partial charge in [-0.3, -0.25) is 0 Å². The standard InChI is InChI=1S/C16H14F2N2O/c1-10-11(2)20-8-4-7-15(16(20)19-10)21-9-12-13(17)5-3-6-14(12)18/h3-8H,9H2,1-2H3. The smallest absolute Gasteiger partial charge is 0.180 e. The Bertz CT molecular complexity index is 791. The SMILES string of the molecule is Cc1nc2c(OCc3c(F)cccc3F)cccn2c1C. The number of aryl methyl sites for hydroxylation is 2. The van der Waals surface area contributed by atoms with Gasteiger partial charge in [-0.25, -0.2) is 13.8 Å². The highest BCUT2D eigenvalue weighted by Crippen LogP contribution is 2.23. The summed E-state index contributed by atoms with van der Waals surface area (Å²) in [4.78, 5) is 4.42. The monoisotopic (exact) mass is 288 g/mol. The van der Waals surface area contributed by atoms with Crippen molar-refractivity contribution in [3.8, 4) is 5.75 Å². The maximum atomic E-state index is 13.6. The molecule has 0 fully saturated rings. The first kappa shape index (κ1) is 13.5. The van der Waals surface area contributed by atoms with Crippen LogP contribution in [-0.2, 0) is 6.61 Å². The number of fused-ring (bicyclic) bond motifs is 1. The van der Waals surface area contributed by atoms with E-state index in [-0.39, 0.29) is 12.2 Å². The molecule has 2 heterocycles. The summed E-state index contributed by atoms with van der Waals surface area (Å²) in [5.41, 5.74) is 2.46. The minimum atomic E-state index is -0.613. The van der Waals surface area contributed by atoms with Crippen molar-refractivity contribution >= 4 is 5.65 Å². The molecule has 0 N–H and O–H groups in total. The Morgan fingerprint density at radius 2 is 1.81 bits per heavy atom. The van der Waals surface area contributed by atoms with Crippen molar-refractivity contribution < 1.29 is 13.5 Å². The van der Waals surface area contributed by atoms with E-state index in [4.69, 9.17) is 4.74 Å². The van der Waals surface area contributed by atoms with E-state index >= 15 is 0 Å². The molecular formula is C16H14F2N2O. The number of nitrogens with zero attached hydrogens (tertiary/aromatic N) is 2. The van der Waals surface area contributed by atoms with Crippen LogP contribution in [0.4, 0.5) is 8.78 Å². The van der Waals surface area contributed by atoms with Gasteiger partial charge in [-0.2, -0.15) is 0 Å². The summed E-state index contributed by atoms with van der Waals surface area (Å²) in [7, 11) is 0. The quantitative estimate of drug-likeness (QED) is 0.732. The van der Waals surface area contributed by atoms with Gasteiger partial charge in [-0.15, -0.1) is 0 Å². The average molecular weight is 288 g/mol. The molecule has 0 unspecified atom stereocenters. The molecular weight excluding hydrogens is 274 g/mol. The lowest BCUT2D eigenvalue weighted by Crippen LogP contribution is -2.03. The fourth-order valence-electron chi connectivity index (χ4n) is 2.21. The number of aromatic nitrogens is 2. The highest BCUT2D eigenvalue weighted by molar-refractivity contribution is 5.55. The molecule has 0 radical (unpaired) electrons. The molecule has 0 amide bonds. The molecule has 0 aliphatic heterocycles. The third kappa shape index (κ3) is 2.35. The fourth-order valence-corrected chi connectivity index (χ4v) is 2.21. The van der Waals surface area contributed by atoms with Crippen LogP contribution >= 0.6 is 0 Å². The number of halogens is 2. The van der Waals surface area contributed by atoms with Crippen molar-refractivity contribution in [2.24, 2.45) is 0 Å². The van der Waals surface area contributed by atoms with Crippen molar-refractivity contribution in [1.29, 1.82) is 0 Å². The van der Waals surface area contributed by atoms with Gasteiger partial charge in [0.15, 0.2) is 11.4 Å². The second-order valence-electron chi connectivity index (χ2n) is 4.84. The van der Waals surface area contributed by atoms with Crippen LogP contribution in [0.3, 0.4) is 0 Å². The van der Waals surface area contributed by atoms with E-state index in [1.165, 1.54) is 18.2 Å². The molecule has 0 saturated carbocycles. The first-order chi connectivity index (χ1) is 10.1. The van der Waals surface area contributed by atoms with E-state index in [9.17, 15) is 8.78 Å². The lowest BCUT2D eigenvalue weighted by molar-refractivity contribution is 0.294. The van der Waals surface area contributed by atoms with Gasteiger partial charge in [0.1, 0.15) is 18.2 Å². The minimum absolute atomic E-state index is 0.0838. The summed E-state index contributed by atoms with van der Waals surface area (Å²) in [5.74, 6) is -0.730. The second kappa shape index (κ2) is 5.16. The highest BCUT2D eigenvalue weighted by atomic mass is 19.1. The van der Waals surface area contributed by atoms with Crippen molar-refractivity contribution in [3.05, 3.63) is 65.1 Å². The van der Waals surface area contributed by atoms with E-state index < -0.39 is 11.6 Å². The van der Waals surface area contributed by atoms with E-state index in [0.717, 1.165) is 11.4 Å². The summed E-state index contributed by atoms with van der Waals surface area (Å²) >= 11 is 0. The molecule has 0 bridgehead atoms. The first-order valence-electron chi connectivity index (χ1n) is 6.58. The Morgan fingerprint density at radius 1 is 1.10 bits per heavy atom. The van der Waals surface area contributed by atoms with Gasteiger partial charge in [-0.05, 0) is 38.1 Å². The molecule has 3 rings (SSSR count). The van der Waals surface area contributed by atoms with Gasteiger partial charge in [0.25, 0.3) is 0 Å². The Labute approximate surface area is 120 Å². The van der Waals surface area contributed by atoms with Crippen LogP contribution < -0.4 is 4.74 Å². The van der Waals surface area contributed by atoms with Crippen LogP contribution in [0.1, 0.15) is 17.0 Å². The van der Waals surface area contributed by atoms with Crippen LogP contribution in [0.5, 0.6) is 5.75 Å². The minimum Gasteiger partial charge on any atom is -0.485 e. The molecule has 0 spiro atoms. The molecule has 0 aliphatic rings. The third-order valence-electron chi connectivity index (χ3n) is 3.52. The molecule has 0 aliphatic carbocycles. The molecule has 108 valence electrons. The molecule has 0 atom stereocenters. The van der Waals surface area contributed by atoms with E-state index in [1.807, 2.05) is 30.5 Å². The van der Waals surface area contributed by atoms with Gasteiger partial charge in [0.05, 0.1) is 11.3 Å². The number of pyridine rings is 1. The zero-order chi connectivity index (χ0) is 15.0. The normalized spacial score (nSPS) is 11.0. The summed E-state index contributed by atoms with van der Waals surface area (Å²) < 4.78 is 34.7. The van der Waals surface area contributed by atoms with Gasteiger partial charge < -0.3 is 9.14 Å². The van der Waals surface area contributed by atoms with Crippen LogP contribution in [-0.4, -0.2) is 9.38 Å². The fraction of sp³-hybridized carbons (Fsp3) is 0.188. The van der Waals surface area contributed by atoms with Gasteiger partial charge >= 0.3 is 0 Å². The summed E-state index contributed by atoms with van der Waals surface area (Å²) in [6, 6.07) is 7.31. The number of ether oxygens (including phenoxy) is 1. The Morgan fingerprint density at radius 3 is 2.52 bits per heavy atom. The molecule has 0 saturated heterocycles. The van der Waals surface area contributed by atoms with Crippen LogP contribution in [0, 0.1) is 25.5 Å². The van der Waals surface area contributed by atoms with Crippen molar-refractivity contribution in [3.63, 3.8) is 0 Å². The molecule has 21 heavy (non-hydrogen) atoms. The Kier molecular flexibility index (Phi) is 3.33. The molecule has 1 aromatic carbocycles. The van der Waals surface area contributed by atoms with E-state index in [0.29, 0.717) is 11.4 Å². The number of hydrogen-bond donors (Lipinski definition) is 0. The number of rotatable bonds is 3. The van der Waals surface area contributed by atoms with Crippen molar-refractivity contribution in [2.75, 3.05) is 0 Å². The maximum Gasteiger partial charge on any atom is 0.180 e. The average Bonchev–Trinajstić information content (AvgIpc) is 2.75. The Hall–Kier alpha value is -2.43. The highest BCUT2D eigenvalue weighted by Gasteiger charge is 2.12. The largest absolute Gasteiger partial charge is 0.485 e. The maximum absolute atomic E-state index is 13.6. The first-order valence-corrected chi connectivity index (χ1v) is 6.58. The number of benzene rings is 1. The van der Waals surface area contributed by atoms with Crippen LogP contribution in [0.15, 0.2) is 36.5 Å². The predicted molar refractivity (Wildman–Crippen MR) is 75.4 cm³/mol. The molecule has 3 aromatic rings. The van der Waals surface area contributed by atoms with Gasteiger partial charge in [-0.1, -0.05) is 6.07 Å². The van der Waals surface area contributed by atoms with Gasteiger partial charge in [0, 0.05) is 11.9 Å². The van der Waals surface area contributed by atoms with Crippen molar-refractivity contribution in [1.82, 2.24) is 9.38 Å². The molecule has 3 nitrogen and oxygen atoms in total. The molecule has 5 heteroatoms. The van der Waals surface area contributed by atoms with Crippen LogP contribution in [0.25, 0.3) is 5.65 Å². The summed E-state index contributed by atoms with van der Waals surface area (Å²) in [6.45, 7) is 3.68. The lowest BCUT2D eigenvalue weighted by Gasteiger charge is -2.09. The summed E-state index contributed by atoms with van der Waals surface area (Å²) in [6.07, 6.45) is 1.88. The Balaban J connectivity index is 1.94. The topological polar surface area (TPSA) is 26.5 Å². The van der Waals surface area contributed by atoms with Gasteiger partial charge in [0.2, 0.25) is 0 Å². The third-order valence-corrected chi connectivity index (χ3v) is 3.52. The molecule has 2 aromatic heterocycles. The summed E-state index contributed by atoms with van der Waals surface area (Å²) in [5, 5.41) is 0. The number of hydrogen-bond acceptors (Lipinski definition) is 2. The van der Waals surface area contributed by atoms with E-state index in [1.54, 1.807) is 6.07 Å². The lowest BCUT2D eigenvalue weighted by atomic mass is 10.2. The zero-order valence-electron chi connectivity index (χ0n) is 11.7. The predicted octanol–water partition coefficient (Wildman–Crippen LogP) is 3.81.